The van der Waals surface area contributed by atoms with E-state index < -0.39 is 0 Å². The number of carbonyl (C=O) groups excluding carboxylic acids is 2. The van der Waals surface area contributed by atoms with E-state index in [1.807, 2.05) is 60.0 Å². The van der Waals surface area contributed by atoms with Crippen molar-refractivity contribution in [2.24, 2.45) is 4.99 Å². The minimum absolute atomic E-state index is 0.230. The largest absolute Gasteiger partial charge is 0.466 e. The minimum Gasteiger partial charge on any atom is -0.466 e. The van der Waals surface area contributed by atoms with E-state index in [0.717, 1.165) is 15.9 Å². The summed E-state index contributed by atoms with van der Waals surface area (Å²) in [6.45, 7) is 2.55. The first-order chi connectivity index (χ1) is 13.5. The highest BCUT2D eigenvalue weighted by Gasteiger charge is 2.11. The van der Waals surface area contributed by atoms with Crippen LogP contribution in [-0.2, 0) is 16.1 Å². The lowest BCUT2D eigenvalue weighted by molar-refractivity contribution is -0.143. The zero-order valence-electron chi connectivity index (χ0n) is 16.2. The van der Waals surface area contributed by atoms with Gasteiger partial charge in [-0.05, 0) is 43.3 Å². The van der Waals surface area contributed by atoms with Gasteiger partial charge in [-0.2, -0.15) is 4.99 Å². The molecule has 0 unspecified atom stereocenters. The Morgan fingerprint density at radius 3 is 2.50 bits per heavy atom. The van der Waals surface area contributed by atoms with Gasteiger partial charge >= 0.3 is 5.97 Å². The van der Waals surface area contributed by atoms with Crippen LogP contribution in [0.25, 0.3) is 10.2 Å². The third-order valence-electron chi connectivity index (χ3n) is 4.26. The molecule has 0 atom stereocenters. The van der Waals surface area contributed by atoms with E-state index in [4.69, 9.17) is 4.74 Å². The van der Waals surface area contributed by atoms with Crippen molar-refractivity contribution in [3.63, 3.8) is 0 Å². The number of esters is 1. The van der Waals surface area contributed by atoms with Crippen LogP contribution in [0.5, 0.6) is 0 Å². The Morgan fingerprint density at radius 1 is 1.11 bits per heavy atom. The van der Waals surface area contributed by atoms with Gasteiger partial charge in [0.15, 0.2) is 4.80 Å². The van der Waals surface area contributed by atoms with Crippen LogP contribution in [0.3, 0.4) is 0 Å². The first-order valence-electron chi connectivity index (χ1n) is 9.10. The molecule has 28 heavy (non-hydrogen) atoms. The third kappa shape index (κ3) is 4.48. The highest BCUT2D eigenvalue weighted by molar-refractivity contribution is 7.16. The van der Waals surface area contributed by atoms with Gasteiger partial charge in [0, 0.05) is 31.9 Å². The molecule has 0 aliphatic heterocycles. The Morgan fingerprint density at radius 2 is 1.82 bits per heavy atom. The number of aryl methyl sites for hydroxylation is 1. The molecule has 2 aromatic carbocycles. The standard InChI is InChI=1S/C21H23N3O3S/c1-4-27-19(25)13-14-24-17-7-5-6-8-18(17)28-21(24)22-20(26)15-9-11-16(12-10-15)23(2)3/h5-12H,4,13-14H2,1-3H3. The summed E-state index contributed by atoms with van der Waals surface area (Å²) in [5.74, 6) is -0.566. The van der Waals surface area contributed by atoms with Crippen molar-refractivity contribution < 1.29 is 14.3 Å². The summed E-state index contributed by atoms with van der Waals surface area (Å²) in [4.78, 5) is 31.4. The number of rotatable bonds is 6. The fourth-order valence-corrected chi connectivity index (χ4v) is 3.87. The number of benzene rings is 2. The van der Waals surface area contributed by atoms with Crippen molar-refractivity contribution in [3.8, 4) is 0 Å². The molecule has 0 aliphatic carbocycles. The minimum atomic E-state index is -0.304. The number of carbonyl (C=O) groups is 2. The van der Waals surface area contributed by atoms with Gasteiger partial charge in [-0.1, -0.05) is 23.5 Å². The lowest BCUT2D eigenvalue weighted by Gasteiger charge is -2.11. The molecule has 0 N–H and O–H groups in total. The maximum Gasteiger partial charge on any atom is 0.307 e. The number of aromatic nitrogens is 1. The van der Waals surface area contributed by atoms with Crippen LogP contribution in [0.4, 0.5) is 5.69 Å². The summed E-state index contributed by atoms with van der Waals surface area (Å²) < 4.78 is 7.94. The predicted octanol–water partition coefficient (Wildman–Crippen LogP) is 3.46. The van der Waals surface area contributed by atoms with Gasteiger partial charge < -0.3 is 14.2 Å². The molecule has 3 rings (SSSR count). The highest BCUT2D eigenvalue weighted by atomic mass is 32.1. The topological polar surface area (TPSA) is 63.9 Å². The van der Waals surface area contributed by atoms with Gasteiger partial charge in [-0.15, -0.1) is 0 Å². The predicted molar refractivity (Wildman–Crippen MR) is 112 cm³/mol. The molecule has 0 saturated carbocycles. The first-order valence-corrected chi connectivity index (χ1v) is 9.91. The van der Waals surface area contributed by atoms with Gasteiger partial charge in [0.25, 0.3) is 5.91 Å². The van der Waals surface area contributed by atoms with Crippen molar-refractivity contribution in [1.82, 2.24) is 4.57 Å². The molecule has 7 heteroatoms. The van der Waals surface area contributed by atoms with Gasteiger partial charge in [-0.25, -0.2) is 0 Å². The molecule has 3 aromatic rings. The van der Waals surface area contributed by atoms with Crippen LogP contribution in [0.1, 0.15) is 23.7 Å². The number of para-hydroxylation sites is 1. The molecular formula is C21H23N3O3S. The SMILES string of the molecule is CCOC(=O)CCn1c(=NC(=O)c2ccc(N(C)C)cc2)sc2ccccc21. The molecule has 0 fully saturated rings. The molecule has 0 bridgehead atoms. The smallest absolute Gasteiger partial charge is 0.307 e. The third-order valence-corrected chi connectivity index (χ3v) is 5.32. The van der Waals surface area contributed by atoms with E-state index >= 15 is 0 Å². The zero-order valence-corrected chi connectivity index (χ0v) is 17.0. The highest BCUT2D eigenvalue weighted by Crippen LogP contribution is 2.18. The molecule has 1 amide bonds. The van der Waals surface area contributed by atoms with E-state index in [0.29, 0.717) is 23.5 Å². The number of nitrogens with zero attached hydrogens (tertiary/aromatic N) is 3. The monoisotopic (exact) mass is 397 g/mol. The van der Waals surface area contributed by atoms with E-state index in [-0.39, 0.29) is 18.3 Å². The molecule has 0 spiro atoms. The maximum atomic E-state index is 12.7. The summed E-state index contributed by atoms with van der Waals surface area (Å²) in [5.41, 5.74) is 2.49. The van der Waals surface area contributed by atoms with Crippen molar-refractivity contribution >= 4 is 39.1 Å². The van der Waals surface area contributed by atoms with Crippen LogP contribution in [0, 0.1) is 0 Å². The second kappa shape index (κ2) is 8.84. The number of fused-ring (bicyclic) bond motifs is 1. The summed E-state index contributed by atoms with van der Waals surface area (Å²) in [7, 11) is 3.90. The van der Waals surface area contributed by atoms with Crippen molar-refractivity contribution in [2.45, 2.75) is 19.9 Å². The van der Waals surface area contributed by atoms with Gasteiger partial charge in [0.2, 0.25) is 0 Å². The van der Waals surface area contributed by atoms with Crippen LogP contribution in [0.2, 0.25) is 0 Å². The van der Waals surface area contributed by atoms with E-state index in [9.17, 15) is 9.59 Å². The van der Waals surface area contributed by atoms with Gasteiger partial charge in [0.1, 0.15) is 0 Å². The molecule has 0 aliphatic rings. The van der Waals surface area contributed by atoms with Crippen LogP contribution >= 0.6 is 11.3 Å². The second-order valence-corrected chi connectivity index (χ2v) is 7.43. The summed E-state index contributed by atoms with van der Waals surface area (Å²) >= 11 is 1.44. The molecule has 0 radical (unpaired) electrons. The van der Waals surface area contributed by atoms with E-state index in [1.54, 1.807) is 19.1 Å². The van der Waals surface area contributed by atoms with Crippen LogP contribution in [-0.4, -0.2) is 37.1 Å². The van der Waals surface area contributed by atoms with Crippen LogP contribution in [0.15, 0.2) is 53.5 Å². The van der Waals surface area contributed by atoms with Gasteiger partial charge in [0.05, 0.1) is 23.2 Å². The number of amides is 1. The maximum absolute atomic E-state index is 12.7. The zero-order chi connectivity index (χ0) is 20.1. The molecule has 6 nitrogen and oxygen atoms in total. The second-order valence-electron chi connectivity index (χ2n) is 6.42. The Balaban J connectivity index is 1.95. The Labute approximate surface area is 167 Å². The average Bonchev–Trinajstić information content (AvgIpc) is 3.03. The average molecular weight is 398 g/mol. The lowest BCUT2D eigenvalue weighted by Crippen LogP contribution is -2.19. The molecular weight excluding hydrogens is 374 g/mol. The van der Waals surface area contributed by atoms with Crippen molar-refractivity contribution in [3.05, 3.63) is 58.9 Å². The first kappa shape index (κ1) is 19.8. The lowest BCUT2D eigenvalue weighted by atomic mass is 10.2. The quantitative estimate of drug-likeness (QED) is 0.598. The fraction of sp³-hybridized carbons (Fsp3) is 0.286. The van der Waals surface area contributed by atoms with Crippen molar-refractivity contribution in [2.75, 3.05) is 25.6 Å². The molecule has 0 saturated heterocycles. The normalized spacial score (nSPS) is 11.6. The Hall–Kier alpha value is -2.93. The van der Waals surface area contributed by atoms with E-state index in [1.165, 1.54) is 11.3 Å². The summed E-state index contributed by atoms with van der Waals surface area (Å²) in [6.07, 6.45) is 0.230. The number of ether oxygens (including phenoxy) is 1. The number of hydrogen-bond acceptors (Lipinski definition) is 5. The van der Waals surface area contributed by atoms with E-state index in [2.05, 4.69) is 4.99 Å². The summed E-state index contributed by atoms with van der Waals surface area (Å²) in [6, 6.07) is 15.2. The Kier molecular flexibility index (Phi) is 6.26. The summed E-state index contributed by atoms with van der Waals surface area (Å²) in [5, 5.41) is 0. The number of hydrogen-bond donors (Lipinski definition) is 0. The van der Waals surface area contributed by atoms with Crippen molar-refractivity contribution in [1.29, 1.82) is 0 Å². The molecule has 1 aromatic heterocycles. The van der Waals surface area contributed by atoms with Crippen LogP contribution < -0.4 is 9.70 Å². The molecule has 146 valence electrons. The number of anilines is 1. The molecule has 1 heterocycles. The van der Waals surface area contributed by atoms with Gasteiger partial charge in [-0.3, -0.25) is 9.59 Å². The fourth-order valence-electron chi connectivity index (χ4n) is 2.81. The Bertz CT molecular complexity index is 1050. The number of thiazole rings is 1.